The predicted molar refractivity (Wildman–Crippen MR) is 64.8 cm³/mol. The van der Waals surface area contributed by atoms with Crippen molar-refractivity contribution in [1.29, 1.82) is 0 Å². The summed E-state index contributed by atoms with van der Waals surface area (Å²) in [4.78, 5) is 4.55. The smallest absolute Gasteiger partial charge is 0.107 e. The van der Waals surface area contributed by atoms with Crippen molar-refractivity contribution in [2.75, 3.05) is 6.54 Å². The lowest BCUT2D eigenvalue weighted by Crippen LogP contribution is -2.24. The molecule has 0 amide bonds. The van der Waals surface area contributed by atoms with E-state index in [9.17, 15) is 0 Å². The van der Waals surface area contributed by atoms with Crippen molar-refractivity contribution >= 4 is 11.5 Å². The quantitative estimate of drug-likeness (QED) is 0.746. The Balaban J connectivity index is 1.83. The summed E-state index contributed by atoms with van der Waals surface area (Å²) in [6, 6.07) is 8.35. The van der Waals surface area contributed by atoms with Crippen LogP contribution in [-0.4, -0.2) is 12.4 Å². The summed E-state index contributed by atoms with van der Waals surface area (Å²) in [5.74, 6) is 1.13. The van der Waals surface area contributed by atoms with Crippen LogP contribution in [0.4, 0.5) is 5.69 Å². The monoisotopic (exact) mass is 202 g/mol. The molecular formula is C13H18N2. The number of nitrogens with zero attached hydrogens (tertiary/aromatic N) is 1. The molecule has 1 aromatic carbocycles. The highest BCUT2D eigenvalue weighted by Crippen LogP contribution is 2.24. The van der Waals surface area contributed by atoms with Gasteiger partial charge >= 0.3 is 0 Å². The van der Waals surface area contributed by atoms with Crippen LogP contribution in [0.5, 0.6) is 0 Å². The van der Waals surface area contributed by atoms with Gasteiger partial charge in [0, 0.05) is 13.0 Å². The van der Waals surface area contributed by atoms with Gasteiger partial charge in [-0.1, -0.05) is 38.0 Å². The highest BCUT2D eigenvalue weighted by atomic mass is 15.0. The summed E-state index contributed by atoms with van der Waals surface area (Å²) in [7, 11) is 0. The SMILES string of the molecule is CCCCCNC1=Nc2ccccc2C1. The largest absolute Gasteiger partial charge is 0.373 e. The van der Waals surface area contributed by atoms with Crippen molar-refractivity contribution in [3.05, 3.63) is 29.8 Å². The molecule has 1 N–H and O–H groups in total. The van der Waals surface area contributed by atoms with Gasteiger partial charge in [-0.3, -0.25) is 0 Å². The van der Waals surface area contributed by atoms with E-state index >= 15 is 0 Å². The number of aliphatic imine (C=N–C) groups is 1. The Labute approximate surface area is 91.4 Å². The van der Waals surface area contributed by atoms with Crippen LogP contribution < -0.4 is 5.32 Å². The van der Waals surface area contributed by atoms with E-state index in [2.05, 4.69) is 35.4 Å². The Morgan fingerprint density at radius 3 is 2.93 bits per heavy atom. The Hall–Kier alpha value is -1.31. The number of hydrogen-bond donors (Lipinski definition) is 1. The maximum atomic E-state index is 4.55. The second-order valence-electron chi connectivity index (χ2n) is 4.00. The zero-order chi connectivity index (χ0) is 10.5. The number of rotatable bonds is 4. The zero-order valence-corrected chi connectivity index (χ0v) is 9.29. The van der Waals surface area contributed by atoms with E-state index in [1.165, 1.54) is 24.8 Å². The minimum absolute atomic E-state index is 0.975. The Kier molecular flexibility index (Phi) is 3.38. The van der Waals surface area contributed by atoms with E-state index in [0.717, 1.165) is 24.5 Å². The zero-order valence-electron chi connectivity index (χ0n) is 9.29. The molecule has 0 atom stereocenters. The molecular weight excluding hydrogens is 184 g/mol. The molecule has 1 aromatic rings. The van der Waals surface area contributed by atoms with E-state index in [1.54, 1.807) is 0 Å². The van der Waals surface area contributed by atoms with Gasteiger partial charge < -0.3 is 5.32 Å². The Morgan fingerprint density at radius 1 is 1.27 bits per heavy atom. The number of fused-ring (bicyclic) bond motifs is 1. The number of amidine groups is 1. The molecule has 0 radical (unpaired) electrons. The van der Waals surface area contributed by atoms with Crippen LogP contribution in [0.25, 0.3) is 0 Å². The van der Waals surface area contributed by atoms with Crippen LogP contribution >= 0.6 is 0 Å². The first kappa shape index (κ1) is 10.2. The van der Waals surface area contributed by atoms with E-state index in [0.29, 0.717) is 0 Å². The number of nitrogens with one attached hydrogen (secondary N) is 1. The van der Waals surface area contributed by atoms with Gasteiger partial charge in [0.2, 0.25) is 0 Å². The van der Waals surface area contributed by atoms with Gasteiger partial charge in [0.05, 0.1) is 5.69 Å². The van der Waals surface area contributed by atoms with Crippen molar-refractivity contribution in [2.45, 2.75) is 32.6 Å². The van der Waals surface area contributed by atoms with Crippen molar-refractivity contribution in [3.63, 3.8) is 0 Å². The van der Waals surface area contributed by atoms with Crippen molar-refractivity contribution < 1.29 is 0 Å². The first-order valence-corrected chi connectivity index (χ1v) is 5.79. The Morgan fingerprint density at radius 2 is 2.13 bits per heavy atom. The molecule has 80 valence electrons. The van der Waals surface area contributed by atoms with Crippen molar-refractivity contribution in [3.8, 4) is 0 Å². The lowest BCUT2D eigenvalue weighted by Gasteiger charge is -2.03. The molecule has 0 aliphatic carbocycles. The van der Waals surface area contributed by atoms with Gasteiger partial charge in [-0.05, 0) is 18.1 Å². The van der Waals surface area contributed by atoms with E-state index in [-0.39, 0.29) is 0 Å². The van der Waals surface area contributed by atoms with Crippen LogP contribution in [0.1, 0.15) is 31.7 Å². The fraction of sp³-hybridized carbons (Fsp3) is 0.462. The van der Waals surface area contributed by atoms with Crippen LogP contribution in [0.15, 0.2) is 29.3 Å². The molecule has 0 bridgehead atoms. The summed E-state index contributed by atoms with van der Waals surface area (Å²) in [6.45, 7) is 3.28. The molecule has 0 spiro atoms. The lowest BCUT2D eigenvalue weighted by atomic mass is 10.1. The summed E-state index contributed by atoms with van der Waals surface area (Å²) in [6.07, 6.45) is 4.79. The second-order valence-corrected chi connectivity index (χ2v) is 4.00. The molecule has 1 aliphatic heterocycles. The molecule has 15 heavy (non-hydrogen) atoms. The number of para-hydroxylation sites is 1. The third-order valence-corrected chi connectivity index (χ3v) is 2.71. The van der Waals surface area contributed by atoms with E-state index < -0.39 is 0 Å². The number of hydrogen-bond acceptors (Lipinski definition) is 2. The van der Waals surface area contributed by atoms with E-state index in [1.807, 2.05) is 6.07 Å². The van der Waals surface area contributed by atoms with Gasteiger partial charge in [-0.25, -0.2) is 4.99 Å². The Bertz CT molecular complexity index is 355. The topological polar surface area (TPSA) is 24.4 Å². The van der Waals surface area contributed by atoms with Gasteiger partial charge in [0.15, 0.2) is 0 Å². The van der Waals surface area contributed by atoms with Crippen LogP contribution in [0.3, 0.4) is 0 Å². The fourth-order valence-corrected chi connectivity index (χ4v) is 1.84. The minimum atomic E-state index is 0.975. The molecule has 2 heteroatoms. The van der Waals surface area contributed by atoms with Crippen molar-refractivity contribution in [1.82, 2.24) is 5.32 Å². The van der Waals surface area contributed by atoms with Gasteiger partial charge in [0.1, 0.15) is 5.84 Å². The average molecular weight is 202 g/mol. The first-order chi connectivity index (χ1) is 7.40. The van der Waals surface area contributed by atoms with Gasteiger partial charge in [0.25, 0.3) is 0 Å². The summed E-state index contributed by atoms with van der Waals surface area (Å²) >= 11 is 0. The predicted octanol–water partition coefficient (Wildman–Crippen LogP) is 3.05. The van der Waals surface area contributed by atoms with Gasteiger partial charge in [-0.15, -0.1) is 0 Å². The summed E-state index contributed by atoms with van der Waals surface area (Å²) in [5.41, 5.74) is 2.48. The summed E-state index contributed by atoms with van der Waals surface area (Å²) in [5, 5.41) is 3.41. The third kappa shape index (κ3) is 2.58. The molecule has 2 rings (SSSR count). The molecule has 0 aromatic heterocycles. The van der Waals surface area contributed by atoms with Crippen LogP contribution in [0, 0.1) is 0 Å². The van der Waals surface area contributed by atoms with Gasteiger partial charge in [-0.2, -0.15) is 0 Å². The normalized spacial score (nSPS) is 13.5. The maximum Gasteiger partial charge on any atom is 0.107 e. The average Bonchev–Trinajstić information content (AvgIpc) is 2.67. The molecule has 0 fully saturated rings. The maximum absolute atomic E-state index is 4.55. The number of unbranched alkanes of at least 4 members (excludes halogenated alkanes) is 2. The van der Waals surface area contributed by atoms with Crippen molar-refractivity contribution in [2.24, 2.45) is 4.99 Å². The summed E-state index contributed by atoms with van der Waals surface area (Å²) < 4.78 is 0. The molecule has 2 nitrogen and oxygen atoms in total. The molecule has 1 heterocycles. The highest BCUT2D eigenvalue weighted by molar-refractivity contribution is 5.92. The van der Waals surface area contributed by atoms with E-state index in [4.69, 9.17) is 0 Å². The second kappa shape index (κ2) is 4.96. The standard InChI is InChI=1S/C13H18N2/c1-2-3-6-9-14-13-10-11-7-4-5-8-12(11)15-13/h4-5,7-8H,2-3,6,9-10H2,1H3,(H,14,15). The lowest BCUT2D eigenvalue weighted by molar-refractivity contribution is 0.693. The highest BCUT2D eigenvalue weighted by Gasteiger charge is 2.12. The third-order valence-electron chi connectivity index (χ3n) is 2.71. The minimum Gasteiger partial charge on any atom is -0.373 e. The first-order valence-electron chi connectivity index (χ1n) is 5.79. The number of benzene rings is 1. The van der Waals surface area contributed by atoms with Crippen LogP contribution in [0.2, 0.25) is 0 Å². The molecule has 0 unspecified atom stereocenters. The fourth-order valence-electron chi connectivity index (χ4n) is 1.84. The molecule has 0 saturated carbocycles. The molecule has 1 aliphatic rings. The molecule has 0 saturated heterocycles. The van der Waals surface area contributed by atoms with Crippen LogP contribution in [-0.2, 0) is 6.42 Å².